The third-order valence-corrected chi connectivity index (χ3v) is 5.93. The van der Waals surface area contributed by atoms with Gasteiger partial charge in [0, 0.05) is 10.9 Å². The highest BCUT2D eigenvalue weighted by atomic mass is 16.5. The smallest absolute Gasteiger partial charge is 0.216 e. The van der Waals surface area contributed by atoms with E-state index in [4.69, 9.17) is 9.72 Å². The summed E-state index contributed by atoms with van der Waals surface area (Å²) < 4.78 is 5.50. The van der Waals surface area contributed by atoms with Crippen molar-refractivity contribution in [1.29, 1.82) is 10.5 Å². The molecule has 3 aromatic carbocycles. The molecule has 4 nitrogen and oxygen atoms in total. The first-order valence-electron chi connectivity index (χ1n) is 10.6. The molecule has 4 heteroatoms. The van der Waals surface area contributed by atoms with Crippen LogP contribution in [0.15, 0.2) is 78.9 Å². The van der Waals surface area contributed by atoms with E-state index in [0.717, 1.165) is 39.6 Å². The molecule has 0 fully saturated rings. The molecule has 0 saturated heterocycles. The normalized spacial score (nSPS) is 12.5. The van der Waals surface area contributed by atoms with E-state index in [2.05, 4.69) is 25.1 Å². The summed E-state index contributed by atoms with van der Waals surface area (Å²) in [6, 6.07) is 30.2. The Hall–Kier alpha value is -4.15. The van der Waals surface area contributed by atoms with Gasteiger partial charge in [-0.1, -0.05) is 61.5 Å². The number of fused-ring (bicyclic) bond motifs is 1. The van der Waals surface area contributed by atoms with E-state index in [9.17, 15) is 10.5 Å². The Morgan fingerprint density at radius 1 is 0.906 bits per heavy atom. The minimum Gasteiger partial charge on any atom is -0.481 e. The van der Waals surface area contributed by atoms with E-state index in [-0.39, 0.29) is 0 Å². The quantitative estimate of drug-likeness (QED) is 0.402. The summed E-state index contributed by atoms with van der Waals surface area (Å²) >= 11 is 0. The number of benzene rings is 3. The molecule has 0 spiro atoms. The molecule has 1 heterocycles. The average Bonchev–Trinajstić information content (AvgIpc) is 2.86. The zero-order valence-corrected chi connectivity index (χ0v) is 18.2. The van der Waals surface area contributed by atoms with E-state index < -0.39 is 5.41 Å². The van der Waals surface area contributed by atoms with Gasteiger partial charge in [-0.2, -0.15) is 10.5 Å². The van der Waals surface area contributed by atoms with Gasteiger partial charge in [-0.25, -0.2) is 4.98 Å². The summed E-state index contributed by atoms with van der Waals surface area (Å²) in [4.78, 5) is 4.73. The lowest BCUT2D eigenvalue weighted by Gasteiger charge is -2.28. The highest BCUT2D eigenvalue weighted by Crippen LogP contribution is 2.37. The number of hydrogen-bond donors (Lipinski definition) is 0. The molecule has 1 atom stereocenters. The third kappa shape index (κ3) is 3.80. The van der Waals surface area contributed by atoms with Gasteiger partial charge in [-0.05, 0) is 53.8 Å². The maximum absolute atomic E-state index is 10.6. The summed E-state index contributed by atoms with van der Waals surface area (Å²) in [5.74, 6) is 0.612. The van der Waals surface area contributed by atoms with Gasteiger partial charge < -0.3 is 4.74 Å². The molecule has 0 radical (unpaired) electrons. The molecule has 0 N–H and O–H groups in total. The number of nitrogens with zero attached hydrogens (tertiary/aromatic N) is 3. The van der Waals surface area contributed by atoms with E-state index in [0.29, 0.717) is 17.9 Å². The van der Waals surface area contributed by atoms with Crippen molar-refractivity contribution in [2.45, 2.75) is 25.2 Å². The van der Waals surface area contributed by atoms with Gasteiger partial charge in [-0.3, -0.25) is 0 Å². The number of aryl methyl sites for hydroxylation is 1. The van der Waals surface area contributed by atoms with Crippen LogP contribution in [0.3, 0.4) is 0 Å². The number of ether oxygens (including phenoxy) is 1. The number of hydrogen-bond acceptors (Lipinski definition) is 4. The molecule has 0 aliphatic heterocycles. The number of pyridine rings is 1. The van der Waals surface area contributed by atoms with Crippen molar-refractivity contribution in [2.24, 2.45) is 0 Å². The van der Waals surface area contributed by atoms with Gasteiger partial charge in [0.2, 0.25) is 5.88 Å². The summed E-state index contributed by atoms with van der Waals surface area (Å²) in [6.45, 7) is 2.07. The van der Waals surface area contributed by atoms with Crippen LogP contribution in [0.5, 0.6) is 5.88 Å². The number of nitriles is 2. The van der Waals surface area contributed by atoms with Gasteiger partial charge in [0.05, 0.1) is 30.3 Å². The standard InChI is InChI=1S/C28H23N3O/c1-3-22-15-23-11-14-25(16-26(23)31-27(22)32-2)28(19-30,17-20-7-5-4-6-8-20)24-12-9-21(18-29)10-13-24/h4-16H,3,17H2,1-2H3. The van der Waals surface area contributed by atoms with Crippen LogP contribution in [-0.2, 0) is 18.3 Å². The molecule has 156 valence electrons. The molecule has 0 amide bonds. The number of methoxy groups -OCH3 is 1. The Kier molecular flexibility index (Phi) is 5.88. The number of rotatable bonds is 6. The molecule has 4 aromatic rings. The Morgan fingerprint density at radius 3 is 2.25 bits per heavy atom. The second kappa shape index (κ2) is 8.92. The predicted molar refractivity (Wildman–Crippen MR) is 125 cm³/mol. The minimum absolute atomic E-state index is 0.506. The minimum atomic E-state index is -0.929. The predicted octanol–water partition coefficient (Wildman–Crippen LogP) is 5.73. The second-order valence-corrected chi connectivity index (χ2v) is 7.79. The summed E-state index contributed by atoms with van der Waals surface area (Å²) in [7, 11) is 1.63. The summed E-state index contributed by atoms with van der Waals surface area (Å²) in [5, 5.41) is 20.8. The van der Waals surface area contributed by atoms with Crippen molar-refractivity contribution in [3.05, 3.63) is 107 Å². The topological polar surface area (TPSA) is 69.7 Å². The molecule has 32 heavy (non-hydrogen) atoms. The molecule has 0 saturated carbocycles. The molecule has 0 aliphatic carbocycles. The molecular weight excluding hydrogens is 394 g/mol. The van der Waals surface area contributed by atoms with Gasteiger partial charge in [-0.15, -0.1) is 0 Å². The van der Waals surface area contributed by atoms with Crippen molar-refractivity contribution in [3.63, 3.8) is 0 Å². The van der Waals surface area contributed by atoms with Crippen LogP contribution < -0.4 is 4.74 Å². The van der Waals surface area contributed by atoms with Crippen LogP contribution in [0.1, 0.15) is 34.7 Å². The monoisotopic (exact) mass is 417 g/mol. The van der Waals surface area contributed by atoms with Crippen molar-refractivity contribution in [3.8, 4) is 18.0 Å². The average molecular weight is 418 g/mol. The van der Waals surface area contributed by atoms with Gasteiger partial charge in [0.1, 0.15) is 5.41 Å². The maximum Gasteiger partial charge on any atom is 0.216 e. The number of aromatic nitrogens is 1. The molecule has 0 aliphatic rings. The Labute approximate surface area is 188 Å². The maximum atomic E-state index is 10.6. The molecule has 1 unspecified atom stereocenters. The lowest BCUT2D eigenvalue weighted by molar-refractivity contribution is 0.395. The van der Waals surface area contributed by atoms with E-state index in [1.54, 1.807) is 19.2 Å². The molecular formula is C28H23N3O. The van der Waals surface area contributed by atoms with E-state index in [1.807, 2.05) is 60.7 Å². The van der Waals surface area contributed by atoms with Crippen LogP contribution in [-0.4, -0.2) is 12.1 Å². The fraction of sp³-hybridized carbons (Fsp3) is 0.179. The zero-order chi connectivity index (χ0) is 22.6. The van der Waals surface area contributed by atoms with Gasteiger partial charge in [0.25, 0.3) is 0 Å². The fourth-order valence-corrected chi connectivity index (χ4v) is 4.16. The molecule has 4 rings (SSSR count). The van der Waals surface area contributed by atoms with Crippen molar-refractivity contribution in [2.75, 3.05) is 7.11 Å². The Morgan fingerprint density at radius 2 is 1.62 bits per heavy atom. The largest absolute Gasteiger partial charge is 0.481 e. The van der Waals surface area contributed by atoms with Crippen LogP contribution in [0.4, 0.5) is 0 Å². The molecule has 1 aromatic heterocycles. The first kappa shape index (κ1) is 21.1. The second-order valence-electron chi connectivity index (χ2n) is 7.79. The SMILES string of the molecule is CCc1cc2ccc(C(C#N)(Cc3ccccc3)c3ccc(C#N)cc3)cc2nc1OC. The third-order valence-electron chi connectivity index (χ3n) is 5.93. The summed E-state index contributed by atoms with van der Waals surface area (Å²) in [5.41, 5.74) is 4.25. The van der Waals surface area contributed by atoms with E-state index >= 15 is 0 Å². The lowest BCUT2D eigenvalue weighted by atomic mass is 9.71. The zero-order valence-electron chi connectivity index (χ0n) is 18.2. The van der Waals surface area contributed by atoms with Crippen molar-refractivity contribution in [1.82, 2.24) is 4.98 Å². The Bertz CT molecular complexity index is 1330. The first-order chi connectivity index (χ1) is 15.6. The van der Waals surface area contributed by atoms with Gasteiger partial charge >= 0.3 is 0 Å². The van der Waals surface area contributed by atoms with Gasteiger partial charge in [0.15, 0.2) is 0 Å². The van der Waals surface area contributed by atoms with Crippen molar-refractivity contribution < 1.29 is 4.74 Å². The Balaban J connectivity index is 1.93. The fourth-order valence-electron chi connectivity index (χ4n) is 4.16. The van der Waals surface area contributed by atoms with Crippen molar-refractivity contribution >= 4 is 10.9 Å². The summed E-state index contributed by atoms with van der Waals surface area (Å²) in [6.07, 6.45) is 1.33. The van der Waals surface area contributed by atoms with Crippen LogP contribution in [0.2, 0.25) is 0 Å². The highest BCUT2D eigenvalue weighted by molar-refractivity contribution is 5.81. The van der Waals surface area contributed by atoms with E-state index in [1.165, 1.54) is 0 Å². The first-order valence-corrected chi connectivity index (χ1v) is 10.6. The van der Waals surface area contributed by atoms with Crippen LogP contribution in [0.25, 0.3) is 10.9 Å². The highest BCUT2D eigenvalue weighted by Gasteiger charge is 2.35. The van der Waals surface area contributed by atoms with Crippen LogP contribution in [0, 0.1) is 22.7 Å². The van der Waals surface area contributed by atoms with Crippen LogP contribution >= 0.6 is 0 Å². The molecule has 0 bridgehead atoms. The lowest BCUT2D eigenvalue weighted by Crippen LogP contribution is -2.29.